The van der Waals surface area contributed by atoms with E-state index in [4.69, 9.17) is 11.0 Å². The largest absolute Gasteiger partial charge is 0.455 e. The summed E-state index contributed by atoms with van der Waals surface area (Å²) in [5.41, 5.74) is 8.87. The molecule has 0 saturated carbocycles. The molecule has 3 aromatic carbocycles. The second-order valence-electron chi connectivity index (χ2n) is 7.79. The van der Waals surface area contributed by atoms with Crippen molar-refractivity contribution in [3.8, 4) is 22.4 Å². The molecule has 3 heteroatoms. The van der Waals surface area contributed by atoms with Crippen molar-refractivity contribution in [2.75, 3.05) is 0 Å². The van der Waals surface area contributed by atoms with Crippen LogP contribution in [0.1, 0.15) is 11.1 Å². The van der Waals surface area contributed by atoms with Crippen LogP contribution in [-0.4, -0.2) is 0 Å². The summed E-state index contributed by atoms with van der Waals surface area (Å²) in [6.45, 7) is 11.8. The van der Waals surface area contributed by atoms with Crippen LogP contribution in [-0.2, 0) is 7.05 Å². The Labute approximate surface area is 175 Å². The molecule has 0 saturated heterocycles. The van der Waals surface area contributed by atoms with Gasteiger partial charge in [0.05, 0.1) is 12.1 Å². The van der Waals surface area contributed by atoms with Gasteiger partial charge in [0.15, 0.2) is 11.9 Å². The predicted octanol–water partition coefficient (Wildman–Crippen LogP) is 6.91. The van der Waals surface area contributed by atoms with Crippen LogP contribution in [0.3, 0.4) is 0 Å². The van der Waals surface area contributed by atoms with Crippen molar-refractivity contribution in [1.29, 1.82) is 0 Å². The molecular weight excluding hydrogens is 368 g/mol. The Kier molecular flexibility index (Phi) is 4.15. The second kappa shape index (κ2) is 6.86. The summed E-state index contributed by atoms with van der Waals surface area (Å²) < 4.78 is 8.72. The molecule has 0 fully saturated rings. The highest BCUT2D eigenvalue weighted by Gasteiger charge is 2.22. The summed E-state index contributed by atoms with van der Waals surface area (Å²) in [7, 11) is 2.07. The van der Waals surface area contributed by atoms with E-state index in [1.165, 1.54) is 5.56 Å². The number of hydrogen-bond donors (Lipinski definition) is 0. The van der Waals surface area contributed by atoms with Gasteiger partial charge in [-0.15, -0.1) is 0 Å². The lowest BCUT2D eigenvalue weighted by atomic mass is 9.98. The van der Waals surface area contributed by atoms with Gasteiger partial charge >= 0.3 is 0 Å². The van der Waals surface area contributed by atoms with E-state index in [0.717, 1.165) is 49.9 Å². The molecule has 0 radical (unpaired) electrons. The van der Waals surface area contributed by atoms with E-state index in [1.807, 2.05) is 30.3 Å². The van der Waals surface area contributed by atoms with Gasteiger partial charge in [0.2, 0.25) is 5.69 Å². The Morgan fingerprint density at radius 1 is 0.867 bits per heavy atom. The molecule has 0 aliphatic heterocycles. The number of furan rings is 1. The number of aromatic nitrogens is 1. The molecule has 0 N–H and O–H groups in total. The fraction of sp³-hybridized carbons (Fsp3) is 0.111. The molecule has 0 atom stereocenters. The first-order chi connectivity index (χ1) is 14.6. The van der Waals surface area contributed by atoms with Crippen LogP contribution >= 0.6 is 0 Å². The lowest BCUT2D eigenvalue weighted by Crippen LogP contribution is -2.31. The highest BCUT2D eigenvalue weighted by Crippen LogP contribution is 2.42. The zero-order valence-electron chi connectivity index (χ0n) is 17.2. The number of rotatable bonds is 2. The van der Waals surface area contributed by atoms with Gasteiger partial charge < -0.3 is 4.42 Å². The summed E-state index contributed by atoms with van der Waals surface area (Å²) in [5, 5.41) is 2.02. The molecule has 0 aliphatic rings. The highest BCUT2D eigenvalue weighted by atomic mass is 16.3. The normalized spacial score (nSPS) is 11.1. The molecule has 0 bridgehead atoms. The van der Waals surface area contributed by atoms with Crippen LogP contribution in [0, 0.1) is 20.4 Å². The molecule has 0 spiro atoms. The van der Waals surface area contributed by atoms with E-state index in [9.17, 15) is 0 Å². The summed E-state index contributed by atoms with van der Waals surface area (Å²) in [5.74, 6) is 0. The fourth-order valence-electron chi connectivity index (χ4n) is 4.25. The van der Waals surface area contributed by atoms with E-state index in [-0.39, 0.29) is 0 Å². The van der Waals surface area contributed by atoms with E-state index >= 15 is 0 Å². The Bertz CT molecular complexity index is 1470. The molecule has 2 aromatic heterocycles. The summed E-state index contributed by atoms with van der Waals surface area (Å²) in [4.78, 5) is 3.72. The predicted molar refractivity (Wildman–Crippen MR) is 122 cm³/mol. The molecule has 5 rings (SSSR count). The van der Waals surface area contributed by atoms with E-state index < -0.39 is 0 Å². The quantitative estimate of drug-likeness (QED) is 0.237. The third-order valence-electron chi connectivity index (χ3n) is 5.69. The first-order valence-corrected chi connectivity index (χ1v) is 9.96. The molecule has 0 unspecified atom stereocenters. The average Bonchev–Trinajstić information content (AvgIpc) is 3.13. The van der Waals surface area contributed by atoms with Crippen molar-refractivity contribution in [3.63, 3.8) is 0 Å². The third-order valence-corrected chi connectivity index (χ3v) is 5.69. The lowest BCUT2D eigenvalue weighted by molar-refractivity contribution is -0.660. The van der Waals surface area contributed by atoms with Crippen LogP contribution in [0.5, 0.6) is 0 Å². The van der Waals surface area contributed by atoms with Crippen molar-refractivity contribution in [1.82, 2.24) is 0 Å². The highest BCUT2D eigenvalue weighted by molar-refractivity contribution is 6.14. The molecule has 0 aliphatic carbocycles. The van der Waals surface area contributed by atoms with Gasteiger partial charge in [-0.05, 0) is 43.2 Å². The Hall–Kier alpha value is -3.90. The van der Waals surface area contributed by atoms with E-state index in [1.54, 1.807) is 0 Å². The van der Waals surface area contributed by atoms with Crippen LogP contribution in [0.4, 0.5) is 5.69 Å². The van der Waals surface area contributed by atoms with Crippen LogP contribution in [0.25, 0.3) is 49.2 Å². The van der Waals surface area contributed by atoms with Gasteiger partial charge in [0, 0.05) is 28.0 Å². The Morgan fingerprint density at radius 2 is 1.67 bits per heavy atom. The number of pyridine rings is 1. The van der Waals surface area contributed by atoms with Crippen molar-refractivity contribution in [2.45, 2.75) is 13.8 Å². The van der Waals surface area contributed by atoms with Crippen LogP contribution < -0.4 is 4.57 Å². The van der Waals surface area contributed by atoms with Gasteiger partial charge in [-0.2, -0.15) is 0 Å². The van der Waals surface area contributed by atoms with Crippen molar-refractivity contribution >= 4 is 27.6 Å². The van der Waals surface area contributed by atoms with Gasteiger partial charge in [0.25, 0.3) is 0 Å². The molecule has 0 amide bonds. The number of benzene rings is 3. The van der Waals surface area contributed by atoms with Gasteiger partial charge in [-0.25, -0.2) is 9.41 Å². The molecule has 2 heterocycles. The Balaban J connectivity index is 1.91. The van der Waals surface area contributed by atoms with Gasteiger partial charge in [-0.1, -0.05) is 42.5 Å². The number of fused-ring (bicyclic) bond motifs is 3. The summed E-state index contributed by atoms with van der Waals surface area (Å²) in [6.07, 6.45) is 2.13. The summed E-state index contributed by atoms with van der Waals surface area (Å²) >= 11 is 0. The first kappa shape index (κ1) is 18.1. The smallest absolute Gasteiger partial charge is 0.216 e. The first-order valence-electron chi connectivity index (χ1n) is 9.96. The molecular formula is C27H21N2O+. The van der Waals surface area contributed by atoms with Crippen molar-refractivity contribution < 1.29 is 8.98 Å². The maximum atomic E-state index is 7.59. The number of nitrogens with zero attached hydrogens (tertiary/aromatic N) is 2. The zero-order chi connectivity index (χ0) is 20.8. The standard InChI is InChI=1S/C27H21N2O/c1-17-10-13-24(29(4)16-17)25-18(2)11-12-21-23-15-20(28-3)14-22(26(23)30-27(21)25)19-8-6-5-7-9-19/h5-16H,1-2,4H3/q+1. The zero-order valence-corrected chi connectivity index (χ0v) is 17.2. The number of aryl methyl sites for hydroxylation is 3. The average molecular weight is 389 g/mol. The van der Waals surface area contributed by atoms with Gasteiger partial charge in [0.1, 0.15) is 18.2 Å². The summed E-state index contributed by atoms with van der Waals surface area (Å²) in [6, 6.07) is 22.5. The maximum Gasteiger partial charge on any atom is 0.216 e. The minimum atomic E-state index is 0.618. The SMILES string of the molecule is [C-]#[N+]c1cc(-c2ccccc2)c2oc3c(-c4ccc(C)c[n+]4C)c(C)ccc3c2c1. The Morgan fingerprint density at radius 3 is 2.40 bits per heavy atom. The minimum absolute atomic E-state index is 0.618. The number of hydrogen-bond acceptors (Lipinski definition) is 1. The monoisotopic (exact) mass is 389 g/mol. The lowest BCUT2D eigenvalue weighted by Gasteiger charge is -2.06. The molecule has 5 aromatic rings. The van der Waals surface area contributed by atoms with E-state index in [0.29, 0.717) is 5.69 Å². The topological polar surface area (TPSA) is 21.4 Å². The second-order valence-corrected chi connectivity index (χ2v) is 7.79. The maximum absolute atomic E-state index is 7.59. The van der Waals surface area contributed by atoms with Gasteiger partial charge in [-0.3, -0.25) is 0 Å². The van der Waals surface area contributed by atoms with E-state index in [2.05, 4.69) is 72.9 Å². The van der Waals surface area contributed by atoms with Crippen LogP contribution in [0.15, 0.2) is 77.3 Å². The van der Waals surface area contributed by atoms with Crippen LogP contribution in [0.2, 0.25) is 0 Å². The molecule has 3 nitrogen and oxygen atoms in total. The fourth-order valence-corrected chi connectivity index (χ4v) is 4.25. The van der Waals surface area contributed by atoms with Crippen molar-refractivity contribution in [2.24, 2.45) is 7.05 Å². The molecule has 30 heavy (non-hydrogen) atoms. The third kappa shape index (κ3) is 2.77. The molecule has 144 valence electrons. The minimum Gasteiger partial charge on any atom is -0.455 e. The van der Waals surface area contributed by atoms with Crippen molar-refractivity contribution in [3.05, 3.63) is 95.5 Å².